The molecular weight excluding hydrogens is 340 g/mol. The molecule has 0 spiro atoms. The predicted molar refractivity (Wildman–Crippen MR) is 97.1 cm³/mol. The molecule has 0 aliphatic carbocycles. The summed E-state index contributed by atoms with van der Waals surface area (Å²) >= 11 is 0. The third kappa shape index (κ3) is 3.04. The van der Waals surface area contributed by atoms with Gasteiger partial charge in [0.2, 0.25) is 5.95 Å². The molecule has 0 saturated carbocycles. The summed E-state index contributed by atoms with van der Waals surface area (Å²) < 4.78 is 8.08. The molecule has 0 bridgehead atoms. The summed E-state index contributed by atoms with van der Waals surface area (Å²) in [5, 5.41) is 13.8. The Morgan fingerprint density at radius 3 is 2.85 bits per heavy atom. The molecule has 3 rings (SSSR count). The molecule has 2 heterocycles. The van der Waals surface area contributed by atoms with Crippen molar-refractivity contribution in [3.8, 4) is 11.5 Å². The van der Waals surface area contributed by atoms with Crippen molar-refractivity contribution >= 4 is 23.3 Å². The van der Waals surface area contributed by atoms with Gasteiger partial charge >= 0.3 is 5.69 Å². The first-order chi connectivity index (χ1) is 12.4. The van der Waals surface area contributed by atoms with Gasteiger partial charge < -0.3 is 14.4 Å². The van der Waals surface area contributed by atoms with Crippen LogP contribution in [0.1, 0.15) is 12.5 Å². The van der Waals surface area contributed by atoms with Crippen molar-refractivity contribution in [3.63, 3.8) is 0 Å². The van der Waals surface area contributed by atoms with Crippen LogP contribution in [-0.2, 0) is 14.1 Å². The lowest BCUT2D eigenvalue weighted by molar-refractivity contribution is 0.318. The van der Waals surface area contributed by atoms with Gasteiger partial charge in [0.25, 0.3) is 5.56 Å². The Hall–Kier alpha value is -3.56. The van der Waals surface area contributed by atoms with Crippen LogP contribution >= 0.6 is 0 Å². The van der Waals surface area contributed by atoms with Gasteiger partial charge in [-0.2, -0.15) is 10.1 Å². The smallest absolute Gasteiger partial charge is 0.329 e. The Morgan fingerprint density at radius 1 is 1.35 bits per heavy atom. The molecule has 10 heteroatoms. The standard InChI is InChI=1S/C16H18N6O4/c1-4-26-11-7-9(5-6-10(11)23)8-17-20-15-18-13-12(21(15)2)14(24)19-16(25)22(13)3/h5-8,23H,4H2,1-3H3,(H,18,20)(H,19,24,25)/b17-8+. The van der Waals surface area contributed by atoms with Crippen LogP contribution in [0.3, 0.4) is 0 Å². The van der Waals surface area contributed by atoms with Crippen molar-refractivity contribution in [3.05, 3.63) is 44.6 Å². The van der Waals surface area contributed by atoms with Crippen LogP contribution in [0.25, 0.3) is 11.2 Å². The molecule has 0 amide bonds. The summed E-state index contributed by atoms with van der Waals surface area (Å²) in [6, 6.07) is 4.83. The van der Waals surface area contributed by atoms with Gasteiger partial charge in [-0.3, -0.25) is 14.3 Å². The molecule has 0 saturated heterocycles. The van der Waals surface area contributed by atoms with Gasteiger partial charge in [-0.15, -0.1) is 0 Å². The summed E-state index contributed by atoms with van der Waals surface area (Å²) in [4.78, 5) is 30.1. The summed E-state index contributed by atoms with van der Waals surface area (Å²) in [6.45, 7) is 2.25. The Labute approximate surface area is 147 Å². The van der Waals surface area contributed by atoms with Gasteiger partial charge in [0.05, 0.1) is 12.8 Å². The SMILES string of the molecule is CCOc1cc(/C=N/Nc2nc3c(c(=O)[nH]c(=O)n3C)n2C)ccc1O. The van der Waals surface area contributed by atoms with Crippen molar-refractivity contribution in [2.75, 3.05) is 12.0 Å². The number of nitrogens with zero attached hydrogens (tertiary/aromatic N) is 4. The maximum absolute atomic E-state index is 12.0. The lowest BCUT2D eigenvalue weighted by Gasteiger charge is -2.06. The Kier molecular flexibility index (Phi) is 4.48. The fraction of sp³-hybridized carbons (Fsp3) is 0.250. The van der Waals surface area contributed by atoms with E-state index in [1.165, 1.54) is 28.5 Å². The number of benzene rings is 1. The zero-order valence-electron chi connectivity index (χ0n) is 14.5. The van der Waals surface area contributed by atoms with Gasteiger partial charge in [-0.05, 0) is 30.7 Å². The van der Waals surface area contributed by atoms with Gasteiger partial charge in [-0.25, -0.2) is 10.2 Å². The number of nitrogens with one attached hydrogen (secondary N) is 2. The number of phenolic OH excluding ortho intramolecular Hbond substituents is 1. The highest BCUT2D eigenvalue weighted by Gasteiger charge is 2.14. The van der Waals surface area contributed by atoms with E-state index in [1.807, 2.05) is 6.92 Å². The zero-order chi connectivity index (χ0) is 18.8. The Balaban J connectivity index is 1.90. The van der Waals surface area contributed by atoms with Gasteiger partial charge in [0.15, 0.2) is 22.7 Å². The summed E-state index contributed by atoms with van der Waals surface area (Å²) in [6.07, 6.45) is 1.52. The minimum Gasteiger partial charge on any atom is -0.504 e. The van der Waals surface area contributed by atoms with Crippen LogP contribution in [0.4, 0.5) is 5.95 Å². The number of rotatable bonds is 5. The van der Waals surface area contributed by atoms with Crippen LogP contribution in [0.5, 0.6) is 11.5 Å². The first-order valence-corrected chi connectivity index (χ1v) is 7.83. The number of imidazole rings is 1. The van der Waals surface area contributed by atoms with Crippen molar-refractivity contribution in [1.82, 2.24) is 19.1 Å². The van der Waals surface area contributed by atoms with Crippen molar-refractivity contribution in [1.29, 1.82) is 0 Å². The molecule has 136 valence electrons. The van der Waals surface area contributed by atoms with Crippen LogP contribution in [0.2, 0.25) is 0 Å². The van der Waals surface area contributed by atoms with E-state index in [0.29, 0.717) is 23.9 Å². The maximum atomic E-state index is 12.0. The van der Waals surface area contributed by atoms with Gasteiger partial charge in [0.1, 0.15) is 0 Å². The predicted octanol–water partition coefficient (Wildman–Crippen LogP) is 0.511. The number of hydrogen-bond acceptors (Lipinski definition) is 7. The number of H-pyrrole nitrogens is 1. The minimum absolute atomic E-state index is 0.0486. The molecule has 3 aromatic rings. The van der Waals surface area contributed by atoms with E-state index in [4.69, 9.17) is 4.74 Å². The second-order valence-corrected chi connectivity index (χ2v) is 5.52. The normalized spacial score (nSPS) is 11.3. The highest BCUT2D eigenvalue weighted by molar-refractivity contribution is 5.81. The Morgan fingerprint density at radius 2 is 2.12 bits per heavy atom. The molecule has 10 nitrogen and oxygen atoms in total. The second kappa shape index (κ2) is 6.75. The molecule has 1 aromatic carbocycles. The molecule has 3 N–H and O–H groups in total. The summed E-state index contributed by atoms with van der Waals surface area (Å²) in [5.74, 6) is 0.708. The molecule has 0 aliphatic heterocycles. The zero-order valence-corrected chi connectivity index (χ0v) is 14.5. The van der Waals surface area contributed by atoms with Crippen molar-refractivity contribution in [2.45, 2.75) is 6.92 Å². The number of aromatic hydroxyl groups is 1. The van der Waals surface area contributed by atoms with E-state index in [0.717, 1.165) is 0 Å². The lowest BCUT2D eigenvalue weighted by atomic mass is 10.2. The van der Waals surface area contributed by atoms with E-state index in [-0.39, 0.29) is 16.9 Å². The van der Waals surface area contributed by atoms with Crippen molar-refractivity contribution < 1.29 is 9.84 Å². The second-order valence-electron chi connectivity index (χ2n) is 5.52. The van der Waals surface area contributed by atoms with Crippen LogP contribution in [-0.4, -0.2) is 37.0 Å². The number of aryl methyl sites for hydroxylation is 2. The van der Waals surface area contributed by atoms with Crippen LogP contribution < -0.4 is 21.4 Å². The summed E-state index contributed by atoms with van der Waals surface area (Å²) in [5.41, 5.74) is 2.89. The number of hydrazone groups is 1. The highest BCUT2D eigenvalue weighted by Crippen LogP contribution is 2.26. The quantitative estimate of drug-likeness (QED) is 0.451. The van der Waals surface area contributed by atoms with Gasteiger partial charge in [-0.1, -0.05) is 0 Å². The molecule has 2 aromatic heterocycles. The molecule has 26 heavy (non-hydrogen) atoms. The minimum atomic E-state index is -0.539. The topological polar surface area (TPSA) is 127 Å². The number of anilines is 1. The van der Waals surface area contributed by atoms with E-state index in [9.17, 15) is 14.7 Å². The third-order valence-electron chi connectivity index (χ3n) is 3.80. The number of aromatic amines is 1. The van der Waals surface area contributed by atoms with Crippen molar-refractivity contribution in [2.24, 2.45) is 19.2 Å². The lowest BCUT2D eigenvalue weighted by Crippen LogP contribution is -2.29. The third-order valence-corrected chi connectivity index (χ3v) is 3.80. The number of aromatic nitrogens is 4. The number of fused-ring (bicyclic) bond motifs is 1. The monoisotopic (exact) mass is 358 g/mol. The molecule has 0 aliphatic rings. The van der Waals surface area contributed by atoms with E-state index < -0.39 is 11.2 Å². The summed E-state index contributed by atoms with van der Waals surface area (Å²) in [7, 11) is 3.16. The largest absolute Gasteiger partial charge is 0.504 e. The number of ether oxygens (including phenoxy) is 1. The first-order valence-electron chi connectivity index (χ1n) is 7.83. The van der Waals surface area contributed by atoms with E-state index in [2.05, 4.69) is 20.5 Å². The van der Waals surface area contributed by atoms with Gasteiger partial charge in [0, 0.05) is 14.1 Å². The molecule has 0 unspecified atom stereocenters. The first kappa shape index (κ1) is 17.3. The molecular formula is C16H18N6O4. The number of phenols is 1. The fourth-order valence-electron chi connectivity index (χ4n) is 2.45. The average molecular weight is 358 g/mol. The van der Waals surface area contributed by atoms with Crippen LogP contribution in [0, 0.1) is 0 Å². The highest BCUT2D eigenvalue weighted by atomic mass is 16.5. The molecule has 0 atom stereocenters. The molecule has 0 radical (unpaired) electrons. The van der Waals surface area contributed by atoms with E-state index in [1.54, 1.807) is 19.2 Å². The van der Waals surface area contributed by atoms with E-state index >= 15 is 0 Å². The maximum Gasteiger partial charge on any atom is 0.329 e. The average Bonchev–Trinajstić information content (AvgIpc) is 2.93. The Bertz CT molecular complexity index is 1110. The molecule has 0 fully saturated rings. The fourth-order valence-corrected chi connectivity index (χ4v) is 2.45. The number of hydrogen-bond donors (Lipinski definition) is 3. The van der Waals surface area contributed by atoms with Crippen LogP contribution in [0.15, 0.2) is 32.9 Å².